The molecule has 2 atom stereocenters. The van der Waals surface area contributed by atoms with Gasteiger partial charge in [-0.05, 0) is 18.2 Å². The first kappa shape index (κ1) is 13.7. The second-order valence-corrected chi connectivity index (χ2v) is 4.50. The summed E-state index contributed by atoms with van der Waals surface area (Å²) in [7, 11) is 4.66. The molecule has 5 nitrogen and oxygen atoms in total. The SMILES string of the molecule is COC(=O)[C@@H]1CNC[C@H]1c1cc(OC)ccc1OC. The van der Waals surface area contributed by atoms with Gasteiger partial charge < -0.3 is 19.5 Å². The smallest absolute Gasteiger partial charge is 0.310 e. The van der Waals surface area contributed by atoms with Gasteiger partial charge in [0.05, 0.1) is 27.2 Å². The molecule has 0 radical (unpaired) electrons. The van der Waals surface area contributed by atoms with Crippen LogP contribution >= 0.6 is 0 Å². The third-order valence-electron chi connectivity index (χ3n) is 3.55. The van der Waals surface area contributed by atoms with Crippen molar-refractivity contribution in [2.75, 3.05) is 34.4 Å². The van der Waals surface area contributed by atoms with Crippen molar-refractivity contribution in [3.05, 3.63) is 23.8 Å². The molecule has 0 bridgehead atoms. The second-order valence-electron chi connectivity index (χ2n) is 4.50. The summed E-state index contributed by atoms with van der Waals surface area (Å²) in [6, 6.07) is 5.63. The van der Waals surface area contributed by atoms with Crippen LogP contribution in [0.1, 0.15) is 11.5 Å². The van der Waals surface area contributed by atoms with Crippen LogP contribution in [0.15, 0.2) is 18.2 Å². The van der Waals surface area contributed by atoms with Gasteiger partial charge in [-0.3, -0.25) is 4.79 Å². The quantitative estimate of drug-likeness (QED) is 0.828. The zero-order valence-electron chi connectivity index (χ0n) is 11.4. The lowest BCUT2D eigenvalue weighted by Gasteiger charge is -2.20. The minimum atomic E-state index is -0.195. The maximum atomic E-state index is 11.8. The Labute approximate surface area is 112 Å². The van der Waals surface area contributed by atoms with E-state index < -0.39 is 0 Å². The van der Waals surface area contributed by atoms with Gasteiger partial charge in [-0.2, -0.15) is 0 Å². The van der Waals surface area contributed by atoms with Crippen LogP contribution in [0.25, 0.3) is 0 Å². The summed E-state index contributed by atoms with van der Waals surface area (Å²) >= 11 is 0. The molecule has 1 aliphatic heterocycles. The van der Waals surface area contributed by atoms with E-state index in [0.717, 1.165) is 23.6 Å². The van der Waals surface area contributed by atoms with E-state index in [9.17, 15) is 4.79 Å². The van der Waals surface area contributed by atoms with Crippen molar-refractivity contribution in [3.63, 3.8) is 0 Å². The Hall–Kier alpha value is -1.75. The monoisotopic (exact) mass is 265 g/mol. The van der Waals surface area contributed by atoms with E-state index in [2.05, 4.69) is 5.32 Å². The lowest BCUT2D eigenvalue weighted by Crippen LogP contribution is -2.23. The molecule has 1 N–H and O–H groups in total. The van der Waals surface area contributed by atoms with Crippen molar-refractivity contribution in [1.29, 1.82) is 0 Å². The van der Waals surface area contributed by atoms with Gasteiger partial charge in [0.25, 0.3) is 0 Å². The molecule has 104 valence electrons. The minimum absolute atomic E-state index is 0.0394. The van der Waals surface area contributed by atoms with Crippen LogP contribution in [0.5, 0.6) is 11.5 Å². The topological polar surface area (TPSA) is 56.8 Å². The van der Waals surface area contributed by atoms with Crippen molar-refractivity contribution >= 4 is 5.97 Å². The molecule has 0 unspecified atom stereocenters. The van der Waals surface area contributed by atoms with E-state index in [1.807, 2.05) is 18.2 Å². The summed E-state index contributed by atoms with van der Waals surface area (Å²) in [5, 5.41) is 3.23. The number of carbonyl (C=O) groups excluding carboxylic acids is 1. The Morgan fingerprint density at radius 3 is 2.63 bits per heavy atom. The lowest BCUT2D eigenvalue weighted by atomic mass is 9.88. The van der Waals surface area contributed by atoms with E-state index in [4.69, 9.17) is 14.2 Å². The molecular weight excluding hydrogens is 246 g/mol. The number of hydrogen-bond donors (Lipinski definition) is 1. The summed E-state index contributed by atoms with van der Waals surface area (Å²) in [5.74, 6) is 1.18. The molecule has 1 aromatic rings. The minimum Gasteiger partial charge on any atom is -0.497 e. The highest BCUT2D eigenvalue weighted by molar-refractivity contribution is 5.74. The number of ether oxygens (including phenoxy) is 3. The number of nitrogens with one attached hydrogen (secondary N) is 1. The largest absolute Gasteiger partial charge is 0.497 e. The second kappa shape index (κ2) is 5.93. The van der Waals surface area contributed by atoms with Crippen LogP contribution in [0.4, 0.5) is 0 Å². The van der Waals surface area contributed by atoms with Crippen LogP contribution < -0.4 is 14.8 Å². The van der Waals surface area contributed by atoms with Crippen LogP contribution in [0.3, 0.4) is 0 Å². The van der Waals surface area contributed by atoms with Gasteiger partial charge in [-0.1, -0.05) is 0 Å². The molecule has 5 heteroatoms. The number of esters is 1. The summed E-state index contributed by atoms with van der Waals surface area (Å²) < 4.78 is 15.5. The molecule has 0 saturated carbocycles. The fourth-order valence-corrected chi connectivity index (χ4v) is 2.53. The van der Waals surface area contributed by atoms with Crippen molar-refractivity contribution < 1.29 is 19.0 Å². The first-order valence-electron chi connectivity index (χ1n) is 6.21. The molecule has 2 rings (SSSR count). The molecule has 0 aliphatic carbocycles. The highest BCUT2D eigenvalue weighted by Crippen LogP contribution is 2.37. The van der Waals surface area contributed by atoms with Crippen LogP contribution in [0, 0.1) is 5.92 Å². The maximum Gasteiger partial charge on any atom is 0.310 e. The maximum absolute atomic E-state index is 11.8. The number of carbonyl (C=O) groups is 1. The van der Waals surface area contributed by atoms with Crippen molar-refractivity contribution in [3.8, 4) is 11.5 Å². The van der Waals surface area contributed by atoms with E-state index in [-0.39, 0.29) is 17.8 Å². The number of benzene rings is 1. The van der Waals surface area contributed by atoms with Crippen LogP contribution in [-0.4, -0.2) is 40.4 Å². The van der Waals surface area contributed by atoms with Crippen molar-refractivity contribution in [2.24, 2.45) is 5.92 Å². The Morgan fingerprint density at radius 2 is 2.00 bits per heavy atom. The van der Waals surface area contributed by atoms with Crippen LogP contribution in [-0.2, 0) is 9.53 Å². The number of rotatable bonds is 4. The first-order valence-corrected chi connectivity index (χ1v) is 6.21. The third kappa shape index (κ3) is 2.66. The van der Waals surface area contributed by atoms with Gasteiger partial charge in [0.1, 0.15) is 11.5 Å². The fourth-order valence-electron chi connectivity index (χ4n) is 2.53. The number of hydrogen-bond acceptors (Lipinski definition) is 5. The summed E-state index contributed by atoms with van der Waals surface area (Å²) in [4.78, 5) is 11.8. The standard InChI is InChI=1S/C14H19NO4/c1-17-9-4-5-13(18-2)10(6-9)11-7-15-8-12(11)14(16)19-3/h4-6,11-12,15H,7-8H2,1-3H3/t11-,12+/m0/s1. The van der Waals surface area contributed by atoms with Gasteiger partial charge >= 0.3 is 5.97 Å². The fraction of sp³-hybridized carbons (Fsp3) is 0.500. The molecule has 19 heavy (non-hydrogen) atoms. The molecule has 1 heterocycles. The molecule has 1 saturated heterocycles. The predicted molar refractivity (Wildman–Crippen MR) is 70.7 cm³/mol. The van der Waals surface area contributed by atoms with E-state index >= 15 is 0 Å². The first-order chi connectivity index (χ1) is 9.21. The molecular formula is C14H19NO4. The van der Waals surface area contributed by atoms with Gasteiger partial charge in [-0.25, -0.2) is 0 Å². The normalized spacial score (nSPS) is 22.1. The number of methoxy groups -OCH3 is 3. The van der Waals surface area contributed by atoms with Crippen molar-refractivity contribution in [1.82, 2.24) is 5.32 Å². The predicted octanol–water partition coefficient (Wildman–Crippen LogP) is 1.18. The zero-order valence-corrected chi connectivity index (χ0v) is 11.4. The highest BCUT2D eigenvalue weighted by atomic mass is 16.5. The Morgan fingerprint density at radius 1 is 1.21 bits per heavy atom. The summed E-state index contributed by atoms with van der Waals surface area (Å²) in [6.07, 6.45) is 0. The van der Waals surface area contributed by atoms with Gasteiger partial charge in [0.2, 0.25) is 0 Å². The molecule has 1 aliphatic rings. The van der Waals surface area contributed by atoms with E-state index in [1.165, 1.54) is 7.11 Å². The molecule has 1 aromatic carbocycles. The van der Waals surface area contributed by atoms with Crippen LogP contribution in [0.2, 0.25) is 0 Å². The zero-order chi connectivity index (χ0) is 13.8. The van der Waals surface area contributed by atoms with Gasteiger partial charge in [0, 0.05) is 24.6 Å². The summed E-state index contributed by atoms with van der Waals surface area (Å²) in [6.45, 7) is 1.35. The van der Waals surface area contributed by atoms with E-state index in [0.29, 0.717) is 6.54 Å². The van der Waals surface area contributed by atoms with Gasteiger partial charge in [-0.15, -0.1) is 0 Å². The molecule has 0 amide bonds. The van der Waals surface area contributed by atoms with E-state index in [1.54, 1.807) is 14.2 Å². The average Bonchev–Trinajstić information content (AvgIpc) is 2.94. The summed E-state index contributed by atoms with van der Waals surface area (Å²) in [5.41, 5.74) is 0.974. The average molecular weight is 265 g/mol. The Bertz CT molecular complexity index is 461. The van der Waals surface area contributed by atoms with Crippen molar-refractivity contribution in [2.45, 2.75) is 5.92 Å². The lowest BCUT2D eigenvalue weighted by molar-refractivity contribution is -0.145. The molecule has 0 spiro atoms. The Kier molecular flexibility index (Phi) is 4.27. The highest BCUT2D eigenvalue weighted by Gasteiger charge is 2.36. The van der Waals surface area contributed by atoms with Gasteiger partial charge in [0.15, 0.2) is 0 Å². The third-order valence-corrected chi connectivity index (χ3v) is 3.55. The molecule has 0 aromatic heterocycles. The Balaban J connectivity index is 2.36. The molecule has 1 fully saturated rings.